The van der Waals surface area contributed by atoms with Gasteiger partial charge < -0.3 is 15.4 Å². The van der Waals surface area contributed by atoms with Crippen molar-refractivity contribution in [1.82, 2.24) is 15.5 Å². The number of thioether (sulfide) groups is 1. The normalized spacial score (nSPS) is 11.2. The Kier molecular flexibility index (Phi) is 8.28. The highest BCUT2D eigenvalue weighted by atomic mass is 32.2. The van der Waals surface area contributed by atoms with Crippen molar-refractivity contribution in [3.63, 3.8) is 0 Å². The van der Waals surface area contributed by atoms with Gasteiger partial charge in [-0.05, 0) is 36.2 Å². The molecule has 12 heteroatoms. The Labute approximate surface area is 195 Å². The largest absolute Gasteiger partial charge is 0.573 e. The fourth-order valence-electron chi connectivity index (χ4n) is 2.63. The number of alkyl halides is 3. The molecule has 2 aromatic carbocycles. The molecule has 0 unspecified atom stereocenters. The lowest BCUT2D eigenvalue weighted by Crippen LogP contribution is -2.22. The molecule has 0 bridgehead atoms. The Morgan fingerprint density at radius 2 is 1.76 bits per heavy atom. The van der Waals surface area contributed by atoms with Gasteiger partial charge in [-0.3, -0.25) is 9.59 Å². The van der Waals surface area contributed by atoms with Crippen LogP contribution in [0, 0.1) is 0 Å². The van der Waals surface area contributed by atoms with Crippen molar-refractivity contribution in [2.24, 2.45) is 0 Å². The molecule has 0 radical (unpaired) electrons. The summed E-state index contributed by atoms with van der Waals surface area (Å²) in [5.41, 5.74) is 2.12. The van der Waals surface area contributed by atoms with E-state index in [1.165, 1.54) is 54.3 Å². The fourth-order valence-corrected chi connectivity index (χ4v) is 4.30. The molecule has 1 heterocycles. The number of amides is 1. The van der Waals surface area contributed by atoms with Crippen molar-refractivity contribution < 1.29 is 27.5 Å². The number of benzene rings is 2. The van der Waals surface area contributed by atoms with E-state index in [0.29, 0.717) is 33.7 Å². The first-order chi connectivity index (χ1) is 15.7. The molecular formula is C21H19F3N4O3S2. The fraction of sp³-hybridized carbons (Fsp3) is 0.238. The third-order valence-electron chi connectivity index (χ3n) is 4.14. The average Bonchev–Trinajstić information content (AvgIpc) is 3.20. The molecule has 1 aromatic heterocycles. The summed E-state index contributed by atoms with van der Waals surface area (Å²) in [6.07, 6.45) is -4.06. The van der Waals surface area contributed by atoms with Crippen molar-refractivity contribution >= 4 is 45.6 Å². The molecule has 3 aromatic rings. The molecule has 0 atom stereocenters. The van der Waals surface area contributed by atoms with E-state index >= 15 is 0 Å². The van der Waals surface area contributed by atoms with Gasteiger partial charge in [-0.25, -0.2) is 0 Å². The molecule has 0 fully saturated rings. The number of anilines is 2. The summed E-state index contributed by atoms with van der Waals surface area (Å²) in [4.78, 5) is 23.3. The van der Waals surface area contributed by atoms with Crippen LogP contribution in [0.3, 0.4) is 0 Å². The minimum absolute atomic E-state index is 0.0571. The molecule has 0 saturated heterocycles. The summed E-state index contributed by atoms with van der Waals surface area (Å²) < 4.78 is 41.1. The van der Waals surface area contributed by atoms with Crippen LogP contribution >= 0.6 is 23.1 Å². The van der Waals surface area contributed by atoms with Crippen molar-refractivity contribution in [2.45, 2.75) is 24.0 Å². The number of carbonyl (C=O) groups excluding carboxylic acids is 2. The first-order valence-electron chi connectivity index (χ1n) is 9.64. The molecule has 0 aliphatic carbocycles. The highest BCUT2D eigenvalue weighted by molar-refractivity contribution is 8.01. The van der Waals surface area contributed by atoms with Crippen LogP contribution in [0.1, 0.15) is 22.8 Å². The van der Waals surface area contributed by atoms with Crippen LogP contribution in [0.15, 0.2) is 52.9 Å². The number of aromatic nitrogens is 2. The van der Waals surface area contributed by atoms with Crippen LogP contribution in [-0.4, -0.2) is 40.5 Å². The summed E-state index contributed by atoms with van der Waals surface area (Å²) >= 11 is 2.47. The third-order valence-corrected chi connectivity index (χ3v) is 6.11. The van der Waals surface area contributed by atoms with Gasteiger partial charge in [-0.15, -0.1) is 23.4 Å². The Balaban J connectivity index is 1.47. The third kappa shape index (κ3) is 8.39. The monoisotopic (exact) mass is 496 g/mol. The van der Waals surface area contributed by atoms with Gasteiger partial charge in [0.05, 0.1) is 5.75 Å². The topological polar surface area (TPSA) is 93.2 Å². The number of nitrogens with zero attached hydrogens (tertiary/aromatic N) is 2. The maximum Gasteiger partial charge on any atom is 0.573 e. The maximum atomic E-state index is 12.4. The number of nitrogens with one attached hydrogen (secondary N) is 2. The Morgan fingerprint density at radius 1 is 1.06 bits per heavy atom. The zero-order chi connectivity index (χ0) is 23.8. The number of rotatable bonds is 10. The molecule has 174 valence electrons. The first-order valence-corrected chi connectivity index (χ1v) is 11.4. The smallest absolute Gasteiger partial charge is 0.406 e. The van der Waals surface area contributed by atoms with Gasteiger partial charge in [-0.1, -0.05) is 47.4 Å². The summed E-state index contributed by atoms with van der Waals surface area (Å²) in [5, 5.41) is 14.1. The Hall–Kier alpha value is -3.12. The summed E-state index contributed by atoms with van der Waals surface area (Å²) in [5.74, 6) is -0.273. The standard InChI is InChI=1S/C21H19F3N4O3S2/c1-13(29)25-11-10-14-2-4-15(5-3-14)18(30)12-32-20-28-27-19(33-20)26-16-6-8-17(9-7-16)31-21(22,23)24/h2-9H,10-12H2,1H3,(H,25,29)(H,26,27). The van der Waals surface area contributed by atoms with Gasteiger partial charge in [0.2, 0.25) is 11.0 Å². The number of halogens is 3. The van der Waals surface area contributed by atoms with E-state index in [4.69, 9.17) is 0 Å². The Morgan fingerprint density at radius 3 is 2.39 bits per heavy atom. The summed E-state index contributed by atoms with van der Waals surface area (Å²) in [6.45, 7) is 2.00. The van der Waals surface area contributed by atoms with E-state index in [9.17, 15) is 22.8 Å². The molecule has 3 rings (SSSR count). The Bertz CT molecular complexity index is 1090. The van der Waals surface area contributed by atoms with Gasteiger partial charge in [0.15, 0.2) is 10.1 Å². The molecule has 2 N–H and O–H groups in total. The number of ketones is 1. The quantitative estimate of drug-likeness (QED) is 0.307. The van der Waals surface area contributed by atoms with Gasteiger partial charge in [0.1, 0.15) is 5.75 Å². The van der Waals surface area contributed by atoms with Gasteiger partial charge >= 0.3 is 6.36 Å². The molecule has 33 heavy (non-hydrogen) atoms. The minimum Gasteiger partial charge on any atom is -0.406 e. The second-order valence-corrected chi connectivity index (χ2v) is 8.91. The van der Waals surface area contributed by atoms with Crippen LogP contribution in [0.25, 0.3) is 0 Å². The van der Waals surface area contributed by atoms with Crippen LogP contribution in [0.5, 0.6) is 5.75 Å². The van der Waals surface area contributed by atoms with Crippen LogP contribution in [0.2, 0.25) is 0 Å². The van der Waals surface area contributed by atoms with Gasteiger partial charge in [0.25, 0.3) is 0 Å². The molecule has 0 spiro atoms. The summed E-state index contributed by atoms with van der Waals surface area (Å²) in [7, 11) is 0. The van der Waals surface area contributed by atoms with E-state index in [2.05, 4.69) is 25.6 Å². The van der Waals surface area contributed by atoms with E-state index in [1.54, 1.807) is 12.1 Å². The molecule has 0 aliphatic heterocycles. The number of Topliss-reactive ketones (excluding diaryl/α,β-unsaturated/α-hetero) is 1. The van der Waals surface area contributed by atoms with E-state index in [0.717, 1.165) is 5.56 Å². The molecule has 0 aliphatic rings. The zero-order valence-corrected chi connectivity index (χ0v) is 18.9. The van der Waals surface area contributed by atoms with Gasteiger partial charge in [-0.2, -0.15) is 0 Å². The number of ether oxygens (including phenoxy) is 1. The number of carbonyl (C=O) groups is 2. The van der Waals surface area contributed by atoms with E-state index in [-0.39, 0.29) is 23.2 Å². The average molecular weight is 497 g/mol. The predicted octanol–water partition coefficient (Wildman–Crippen LogP) is 4.83. The van der Waals surface area contributed by atoms with E-state index < -0.39 is 6.36 Å². The lowest BCUT2D eigenvalue weighted by atomic mass is 10.1. The number of hydrogen-bond acceptors (Lipinski definition) is 8. The number of hydrogen-bond donors (Lipinski definition) is 2. The highest BCUT2D eigenvalue weighted by Crippen LogP contribution is 2.29. The SMILES string of the molecule is CC(=O)NCCc1ccc(C(=O)CSc2nnc(Nc3ccc(OC(F)(F)F)cc3)s2)cc1. The van der Waals surface area contributed by atoms with Crippen molar-refractivity contribution in [2.75, 3.05) is 17.6 Å². The van der Waals surface area contributed by atoms with Crippen LogP contribution in [0.4, 0.5) is 24.0 Å². The minimum atomic E-state index is -4.74. The summed E-state index contributed by atoms with van der Waals surface area (Å²) in [6, 6.07) is 12.5. The molecule has 0 saturated carbocycles. The lowest BCUT2D eigenvalue weighted by molar-refractivity contribution is -0.274. The molecule has 7 nitrogen and oxygen atoms in total. The van der Waals surface area contributed by atoms with Crippen molar-refractivity contribution in [1.29, 1.82) is 0 Å². The lowest BCUT2D eigenvalue weighted by Gasteiger charge is -2.09. The highest BCUT2D eigenvalue weighted by Gasteiger charge is 2.30. The second-order valence-electron chi connectivity index (χ2n) is 6.71. The molecular weight excluding hydrogens is 477 g/mol. The predicted molar refractivity (Wildman–Crippen MR) is 120 cm³/mol. The second kappa shape index (κ2) is 11.1. The molecule has 1 amide bonds. The maximum absolute atomic E-state index is 12.4. The van der Waals surface area contributed by atoms with Crippen molar-refractivity contribution in [3.05, 3.63) is 59.7 Å². The van der Waals surface area contributed by atoms with Gasteiger partial charge in [0, 0.05) is 24.7 Å². The van der Waals surface area contributed by atoms with Crippen LogP contribution < -0.4 is 15.4 Å². The van der Waals surface area contributed by atoms with E-state index in [1.807, 2.05) is 12.1 Å². The first kappa shape index (κ1) is 24.5. The van der Waals surface area contributed by atoms with Crippen LogP contribution in [-0.2, 0) is 11.2 Å². The van der Waals surface area contributed by atoms with Crippen molar-refractivity contribution in [3.8, 4) is 5.75 Å². The zero-order valence-electron chi connectivity index (χ0n) is 17.3.